The molecule has 0 aliphatic heterocycles. The summed E-state index contributed by atoms with van der Waals surface area (Å²) in [5.74, 6) is 0.347. The van der Waals surface area contributed by atoms with Crippen LogP contribution in [0.3, 0.4) is 0 Å². The Kier molecular flexibility index (Phi) is 2.23. The third-order valence-electron chi connectivity index (χ3n) is 2.31. The average Bonchev–Trinajstić information content (AvgIpc) is 2.64. The molecule has 0 amide bonds. The van der Waals surface area contributed by atoms with Crippen molar-refractivity contribution in [1.82, 2.24) is 9.97 Å². The first-order valence-corrected chi connectivity index (χ1v) is 4.52. The highest BCUT2D eigenvalue weighted by Gasteiger charge is 2.05. The minimum absolute atomic E-state index is 0.347. The fourth-order valence-corrected chi connectivity index (χ4v) is 1.49. The Labute approximate surface area is 82.4 Å². The van der Waals surface area contributed by atoms with Crippen molar-refractivity contribution in [2.45, 2.75) is 13.3 Å². The number of aromatic hydroxyl groups is 1. The van der Waals surface area contributed by atoms with E-state index in [1.807, 2.05) is 19.1 Å². The molecule has 3 nitrogen and oxygen atoms in total. The average molecular weight is 188 g/mol. The lowest BCUT2D eigenvalue weighted by molar-refractivity contribution is 0.468. The molecule has 0 saturated carbocycles. The van der Waals surface area contributed by atoms with Crippen LogP contribution in [0.2, 0.25) is 0 Å². The molecule has 72 valence electrons. The standard InChI is InChI=1S/C11H12N2O/c1-8-3-2-4-11(14)10(8)5-9-6-12-7-13-9/h2-4,6-7,14H,5H2,1H3,(H,12,13). The van der Waals surface area contributed by atoms with Gasteiger partial charge in [0, 0.05) is 23.9 Å². The van der Waals surface area contributed by atoms with Gasteiger partial charge in [-0.25, -0.2) is 4.98 Å². The van der Waals surface area contributed by atoms with E-state index in [1.165, 1.54) is 0 Å². The molecule has 1 aromatic heterocycles. The lowest BCUT2D eigenvalue weighted by Crippen LogP contribution is -1.92. The largest absolute Gasteiger partial charge is 0.508 e. The number of nitrogens with zero attached hydrogens (tertiary/aromatic N) is 1. The van der Waals surface area contributed by atoms with Gasteiger partial charge in [0.1, 0.15) is 5.75 Å². The lowest BCUT2D eigenvalue weighted by atomic mass is 10.0. The van der Waals surface area contributed by atoms with Crippen molar-refractivity contribution in [1.29, 1.82) is 0 Å². The number of imidazole rings is 1. The van der Waals surface area contributed by atoms with Gasteiger partial charge < -0.3 is 10.1 Å². The molecule has 0 aliphatic rings. The van der Waals surface area contributed by atoms with Gasteiger partial charge >= 0.3 is 0 Å². The van der Waals surface area contributed by atoms with Gasteiger partial charge in [-0.1, -0.05) is 12.1 Å². The molecule has 0 aliphatic carbocycles. The molecule has 3 heteroatoms. The van der Waals surface area contributed by atoms with Gasteiger partial charge in [0.15, 0.2) is 0 Å². The molecule has 2 rings (SSSR count). The molecule has 1 heterocycles. The quantitative estimate of drug-likeness (QED) is 0.757. The molecule has 1 aromatic carbocycles. The maximum atomic E-state index is 9.66. The second-order valence-electron chi connectivity index (χ2n) is 3.33. The smallest absolute Gasteiger partial charge is 0.119 e. The van der Waals surface area contributed by atoms with Gasteiger partial charge in [0.25, 0.3) is 0 Å². The molecule has 14 heavy (non-hydrogen) atoms. The molecule has 2 N–H and O–H groups in total. The Morgan fingerprint density at radius 3 is 2.93 bits per heavy atom. The zero-order valence-electron chi connectivity index (χ0n) is 7.99. The highest BCUT2D eigenvalue weighted by atomic mass is 16.3. The van der Waals surface area contributed by atoms with E-state index >= 15 is 0 Å². The minimum atomic E-state index is 0.347. The maximum Gasteiger partial charge on any atom is 0.119 e. The van der Waals surface area contributed by atoms with Crippen molar-refractivity contribution < 1.29 is 5.11 Å². The number of aromatic amines is 1. The summed E-state index contributed by atoms with van der Waals surface area (Å²) in [6.07, 6.45) is 4.11. The molecule has 0 radical (unpaired) electrons. The molecule has 0 atom stereocenters. The summed E-state index contributed by atoms with van der Waals surface area (Å²) in [5.41, 5.74) is 3.06. The Morgan fingerprint density at radius 1 is 1.43 bits per heavy atom. The number of nitrogens with one attached hydrogen (secondary N) is 1. The molecular weight excluding hydrogens is 176 g/mol. The van der Waals surface area contributed by atoms with E-state index in [1.54, 1.807) is 18.6 Å². The Hall–Kier alpha value is -1.77. The Morgan fingerprint density at radius 2 is 2.29 bits per heavy atom. The number of hydrogen-bond acceptors (Lipinski definition) is 2. The number of aryl methyl sites for hydroxylation is 1. The van der Waals surface area contributed by atoms with Crippen molar-refractivity contribution in [3.63, 3.8) is 0 Å². The van der Waals surface area contributed by atoms with Crippen molar-refractivity contribution in [3.05, 3.63) is 47.5 Å². The van der Waals surface area contributed by atoms with Crippen LogP contribution in [0.15, 0.2) is 30.7 Å². The minimum Gasteiger partial charge on any atom is -0.508 e. The monoisotopic (exact) mass is 188 g/mol. The zero-order chi connectivity index (χ0) is 9.97. The van der Waals surface area contributed by atoms with Gasteiger partial charge in [-0.3, -0.25) is 0 Å². The first kappa shape index (κ1) is 8.81. The fraction of sp³-hybridized carbons (Fsp3) is 0.182. The number of phenols is 1. The Balaban J connectivity index is 2.33. The highest BCUT2D eigenvalue weighted by molar-refractivity contribution is 5.40. The van der Waals surface area contributed by atoms with Gasteiger partial charge in [0.2, 0.25) is 0 Å². The van der Waals surface area contributed by atoms with Crippen LogP contribution < -0.4 is 0 Å². The van der Waals surface area contributed by atoms with E-state index < -0.39 is 0 Å². The summed E-state index contributed by atoms with van der Waals surface area (Å²) in [6, 6.07) is 5.55. The van der Waals surface area contributed by atoms with Gasteiger partial charge in [-0.05, 0) is 18.6 Å². The predicted octanol–water partition coefficient (Wildman–Crippen LogP) is 2.01. The van der Waals surface area contributed by atoms with E-state index in [2.05, 4.69) is 9.97 Å². The maximum absolute atomic E-state index is 9.66. The molecule has 0 fully saturated rings. The van der Waals surface area contributed by atoms with Crippen LogP contribution >= 0.6 is 0 Å². The van der Waals surface area contributed by atoms with Crippen LogP contribution in [-0.2, 0) is 6.42 Å². The van der Waals surface area contributed by atoms with Crippen molar-refractivity contribution in [2.24, 2.45) is 0 Å². The van der Waals surface area contributed by atoms with Crippen molar-refractivity contribution >= 4 is 0 Å². The number of benzene rings is 1. The summed E-state index contributed by atoms with van der Waals surface area (Å²) in [6.45, 7) is 1.99. The first-order valence-electron chi connectivity index (χ1n) is 4.52. The second kappa shape index (κ2) is 3.54. The van der Waals surface area contributed by atoms with Gasteiger partial charge in [-0.2, -0.15) is 0 Å². The van der Waals surface area contributed by atoms with Gasteiger partial charge in [0.05, 0.1) is 6.33 Å². The summed E-state index contributed by atoms with van der Waals surface area (Å²) in [4.78, 5) is 6.96. The molecule has 0 bridgehead atoms. The van der Waals surface area contributed by atoms with E-state index in [-0.39, 0.29) is 0 Å². The second-order valence-corrected chi connectivity index (χ2v) is 3.33. The number of aromatic nitrogens is 2. The van der Waals surface area contributed by atoms with E-state index in [0.717, 1.165) is 16.8 Å². The molecule has 0 saturated heterocycles. The van der Waals surface area contributed by atoms with Gasteiger partial charge in [-0.15, -0.1) is 0 Å². The highest BCUT2D eigenvalue weighted by Crippen LogP contribution is 2.22. The number of rotatable bonds is 2. The topological polar surface area (TPSA) is 48.9 Å². The summed E-state index contributed by atoms with van der Waals surface area (Å²) >= 11 is 0. The predicted molar refractivity (Wildman–Crippen MR) is 54.2 cm³/mol. The van der Waals surface area contributed by atoms with E-state index in [4.69, 9.17) is 0 Å². The summed E-state index contributed by atoms with van der Waals surface area (Å²) in [5, 5.41) is 9.66. The fourth-order valence-electron chi connectivity index (χ4n) is 1.49. The SMILES string of the molecule is Cc1cccc(O)c1Cc1cnc[nH]1. The lowest BCUT2D eigenvalue weighted by Gasteiger charge is -2.06. The van der Waals surface area contributed by atoms with Crippen LogP contribution in [0.25, 0.3) is 0 Å². The third kappa shape index (κ3) is 1.62. The first-order chi connectivity index (χ1) is 6.77. The Bertz CT molecular complexity index is 401. The third-order valence-corrected chi connectivity index (χ3v) is 2.31. The van der Waals surface area contributed by atoms with Crippen molar-refractivity contribution in [3.8, 4) is 5.75 Å². The van der Waals surface area contributed by atoms with E-state index in [9.17, 15) is 5.11 Å². The number of phenolic OH excluding ortho intramolecular Hbond substituents is 1. The summed E-state index contributed by atoms with van der Waals surface area (Å²) < 4.78 is 0. The molecule has 0 unspecified atom stereocenters. The normalized spacial score (nSPS) is 10.4. The number of hydrogen-bond donors (Lipinski definition) is 2. The van der Waals surface area contributed by atoms with Crippen LogP contribution in [0.5, 0.6) is 5.75 Å². The van der Waals surface area contributed by atoms with E-state index in [0.29, 0.717) is 12.2 Å². The van der Waals surface area contributed by atoms with Crippen LogP contribution in [0.4, 0.5) is 0 Å². The zero-order valence-corrected chi connectivity index (χ0v) is 7.99. The summed E-state index contributed by atoms with van der Waals surface area (Å²) in [7, 11) is 0. The molecule has 0 spiro atoms. The molecular formula is C11H12N2O. The number of H-pyrrole nitrogens is 1. The van der Waals surface area contributed by atoms with Crippen LogP contribution in [-0.4, -0.2) is 15.1 Å². The van der Waals surface area contributed by atoms with Crippen LogP contribution in [0, 0.1) is 6.92 Å². The van der Waals surface area contributed by atoms with Crippen LogP contribution in [0.1, 0.15) is 16.8 Å². The van der Waals surface area contributed by atoms with Crippen molar-refractivity contribution in [2.75, 3.05) is 0 Å². The molecule has 2 aromatic rings.